The predicted molar refractivity (Wildman–Crippen MR) is 115 cm³/mol. The molecule has 2 amide bonds. The molecule has 0 unspecified atom stereocenters. The van der Waals surface area contributed by atoms with Crippen LogP contribution in [0, 0.1) is 0 Å². The summed E-state index contributed by atoms with van der Waals surface area (Å²) >= 11 is 1.72. The fraction of sp³-hybridized carbons (Fsp3) is 0.318. The van der Waals surface area contributed by atoms with Gasteiger partial charge in [0, 0.05) is 0 Å². The molecule has 1 saturated heterocycles. The van der Waals surface area contributed by atoms with Crippen LogP contribution in [0.3, 0.4) is 0 Å². The van der Waals surface area contributed by atoms with Crippen molar-refractivity contribution in [2.75, 3.05) is 29.9 Å². The van der Waals surface area contributed by atoms with Crippen LogP contribution in [0.5, 0.6) is 0 Å². The first-order valence-electron chi connectivity index (χ1n) is 9.98. The number of nitrogens with zero attached hydrogens (tertiary/aromatic N) is 3. The number of carbonyl (C=O) groups is 2. The number of thiazole rings is 1. The van der Waals surface area contributed by atoms with E-state index in [9.17, 15) is 9.59 Å². The molecule has 0 aliphatic carbocycles. The van der Waals surface area contributed by atoms with Crippen LogP contribution < -0.4 is 10.2 Å². The average molecular weight is 407 g/mol. The summed E-state index contributed by atoms with van der Waals surface area (Å²) in [6.45, 7) is 1.23. The Balaban J connectivity index is 1.39. The molecule has 2 aromatic carbocycles. The molecule has 5 rings (SSSR count). The number of fused-ring (bicyclic) bond motifs is 2. The third kappa shape index (κ3) is 3.52. The maximum absolute atomic E-state index is 13.2. The summed E-state index contributed by atoms with van der Waals surface area (Å²) in [5, 5.41) is 3.92. The number of likely N-dealkylation sites (tertiary alicyclic amines) is 1. The van der Waals surface area contributed by atoms with Gasteiger partial charge in [-0.2, -0.15) is 0 Å². The maximum atomic E-state index is 13.2. The van der Waals surface area contributed by atoms with E-state index in [1.165, 1.54) is 4.70 Å². The first-order chi connectivity index (χ1) is 14.2. The van der Waals surface area contributed by atoms with Gasteiger partial charge in [-0.3, -0.25) is 19.4 Å². The molecule has 148 valence electrons. The van der Waals surface area contributed by atoms with Gasteiger partial charge in [-0.15, -0.1) is 11.3 Å². The van der Waals surface area contributed by atoms with Crippen molar-refractivity contribution in [1.82, 2.24) is 9.88 Å². The Bertz CT molecular complexity index is 1050. The molecule has 2 aliphatic heterocycles. The maximum Gasteiger partial charge on any atom is 0.244 e. The highest BCUT2D eigenvalue weighted by Crippen LogP contribution is 2.36. The van der Waals surface area contributed by atoms with Crippen molar-refractivity contribution < 1.29 is 9.59 Å². The smallest absolute Gasteiger partial charge is 0.244 e. The fourth-order valence-electron chi connectivity index (χ4n) is 4.21. The lowest BCUT2D eigenvalue weighted by molar-refractivity contribution is -0.123. The van der Waals surface area contributed by atoms with E-state index in [1.807, 2.05) is 42.5 Å². The number of aromatic nitrogens is 1. The van der Waals surface area contributed by atoms with E-state index in [-0.39, 0.29) is 24.4 Å². The van der Waals surface area contributed by atoms with Crippen molar-refractivity contribution in [3.8, 4) is 0 Å². The predicted octanol–water partition coefficient (Wildman–Crippen LogP) is 3.81. The molecule has 3 aromatic rings. The van der Waals surface area contributed by atoms with E-state index in [4.69, 9.17) is 4.98 Å². The number of carbonyl (C=O) groups excluding carboxylic acids is 2. The molecule has 0 saturated carbocycles. The lowest BCUT2D eigenvalue weighted by atomic mass is 10.0. The van der Waals surface area contributed by atoms with Gasteiger partial charge in [0.25, 0.3) is 0 Å². The second kappa shape index (κ2) is 7.57. The summed E-state index contributed by atoms with van der Waals surface area (Å²) in [6, 6.07) is 15.8. The molecular weight excluding hydrogens is 384 g/mol. The normalized spacial score (nSPS) is 19.8. The Labute approximate surface area is 173 Å². The third-order valence-electron chi connectivity index (χ3n) is 5.62. The highest BCUT2D eigenvalue weighted by molar-refractivity contribution is 7.18. The molecule has 3 heterocycles. The van der Waals surface area contributed by atoms with Gasteiger partial charge in [0.05, 0.1) is 34.2 Å². The Kier molecular flexibility index (Phi) is 4.77. The summed E-state index contributed by atoms with van der Waals surface area (Å²) in [5.41, 5.74) is 2.48. The van der Waals surface area contributed by atoms with Crippen LogP contribution in [-0.2, 0) is 9.59 Å². The SMILES string of the molecule is O=C1CN(C(=O)CN2CCCC[C@H]2c2nc3ccccc3s2)c2ccccc2N1. The highest BCUT2D eigenvalue weighted by Gasteiger charge is 2.32. The molecule has 6 nitrogen and oxygen atoms in total. The molecule has 1 N–H and O–H groups in total. The minimum atomic E-state index is -0.154. The molecular formula is C22H22N4O2S. The zero-order valence-corrected chi connectivity index (χ0v) is 16.8. The number of anilines is 2. The number of nitrogens with one attached hydrogen (secondary N) is 1. The van der Waals surface area contributed by atoms with Gasteiger partial charge in [0.2, 0.25) is 11.8 Å². The standard InChI is InChI=1S/C22H22N4O2S/c27-20-13-26(17-9-3-1-7-15(17)23-20)21(28)14-25-12-6-5-10-18(25)22-24-16-8-2-4-11-19(16)29-22/h1-4,7-9,11,18H,5-6,10,12-14H2,(H,23,27)/t18-/m0/s1. The summed E-state index contributed by atoms with van der Waals surface area (Å²) in [6.07, 6.45) is 3.22. The summed E-state index contributed by atoms with van der Waals surface area (Å²) in [7, 11) is 0. The summed E-state index contributed by atoms with van der Waals surface area (Å²) < 4.78 is 1.18. The largest absolute Gasteiger partial charge is 0.323 e. The second-order valence-corrected chi connectivity index (χ2v) is 8.61. The van der Waals surface area contributed by atoms with Crippen molar-refractivity contribution in [2.24, 2.45) is 0 Å². The molecule has 1 aromatic heterocycles. The molecule has 0 bridgehead atoms. The van der Waals surface area contributed by atoms with Crippen molar-refractivity contribution in [2.45, 2.75) is 25.3 Å². The first kappa shape index (κ1) is 18.3. The van der Waals surface area contributed by atoms with Gasteiger partial charge < -0.3 is 5.32 Å². The number of para-hydroxylation sites is 3. The molecule has 29 heavy (non-hydrogen) atoms. The minimum Gasteiger partial charge on any atom is -0.323 e. The average Bonchev–Trinajstić information content (AvgIpc) is 3.17. The van der Waals surface area contributed by atoms with Gasteiger partial charge in [0.1, 0.15) is 11.6 Å². The molecule has 7 heteroatoms. The van der Waals surface area contributed by atoms with Crippen molar-refractivity contribution in [3.05, 3.63) is 53.5 Å². The molecule has 1 fully saturated rings. The summed E-state index contributed by atoms with van der Waals surface area (Å²) in [5.74, 6) is -0.196. The molecule has 2 aliphatic rings. The quantitative estimate of drug-likeness (QED) is 0.718. The van der Waals surface area contributed by atoms with Crippen LogP contribution in [0.25, 0.3) is 10.2 Å². The molecule has 0 spiro atoms. The number of benzene rings is 2. The Morgan fingerprint density at radius 1 is 1.14 bits per heavy atom. The van der Waals surface area contributed by atoms with Gasteiger partial charge in [-0.25, -0.2) is 4.98 Å². The Morgan fingerprint density at radius 2 is 1.97 bits per heavy atom. The zero-order chi connectivity index (χ0) is 19.8. The van der Waals surface area contributed by atoms with E-state index >= 15 is 0 Å². The topological polar surface area (TPSA) is 65.5 Å². The summed E-state index contributed by atoms with van der Waals surface area (Å²) in [4.78, 5) is 34.0. The van der Waals surface area contributed by atoms with E-state index in [0.717, 1.165) is 42.0 Å². The lowest BCUT2D eigenvalue weighted by Gasteiger charge is -2.36. The minimum absolute atomic E-state index is 0.0414. The van der Waals surface area contributed by atoms with E-state index < -0.39 is 0 Å². The van der Waals surface area contributed by atoms with Crippen LogP contribution in [0.2, 0.25) is 0 Å². The van der Waals surface area contributed by atoms with Crippen LogP contribution in [0.1, 0.15) is 30.3 Å². The first-order valence-corrected chi connectivity index (χ1v) is 10.8. The van der Waals surface area contributed by atoms with Crippen molar-refractivity contribution >= 4 is 44.7 Å². The number of piperidine rings is 1. The van der Waals surface area contributed by atoms with Gasteiger partial charge >= 0.3 is 0 Å². The number of hydrogen-bond acceptors (Lipinski definition) is 5. The highest BCUT2D eigenvalue weighted by atomic mass is 32.1. The van der Waals surface area contributed by atoms with Crippen molar-refractivity contribution in [1.29, 1.82) is 0 Å². The van der Waals surface area contributed by atoms with Crippen LogP contribution >= 0.6 is 11.3 Å². The number of rotatable bonds is 3. The van der Waals surface area contributed by atoms with Crippen LogP contribution in [-0.4, -0.2) is 41.3 Å². The fourth-order valence-corrected chi connectivity index (χ4v) is 5.34. The van der Waals surface area contributed by atoms with E-state index in [2.05, 4.69) is 16.3 Å². The number of hydrogen-bond donors (Lipinski definition) is 1. The number of amides is 2. The van der Waals surface area contributed by atoms with Crippen LogP contribution in [0.15, 0.2) is 48.5 Å². The molecule has 0 radical (unpaired) electrons. The van der Waals surface area contributed by atoms with E-state index in [0.29, 0.717) is 12.2 Å². The van der Waals surface area contributed by atoms with Crippen LogP contribution in [0.4, 0.5) is 11.4 Å². The zero-order valence-electron chi connectivity index (χ0n) is 16.0. The Morgan fingerprint density at radius 3 is 2.86 bits per heavy atom. The second-order valence-electron chi connectivity index (χ2n) is 7.55. The monoisotopic (exact) mass is 406 g/mol. The van der Waals surface area contributed by atoms with Gasteiger partial charge in [0.15, 0.2) is 0 Å². The molecule has 1 atom stereocenters. The van der Waals surface area contributed by atoms with Crippen molar-refractivity contribution in [3.63, 3.8) is 0 Å². The lowest BCUT2D eigenvalue weighted by Crippen LogP contribution is -2.48. The van der Waals surface area contributed by atoms with Gasteiger partial charge in [-0.1, -0.05) is 30.7 Å². The van der Waals surface area contributed by atoms with Gasteiger partial charge in [-0.05, 0) is 43.7 Å². The third-order valence-corrected chi connectivity index (χ3v) is 6.76. The van der Waals surface area contributed by atoms with E-state index in [1.54, 1.807) is 16.2 Å². The Hall–Kier alpha value is -2.77.